The van der Waals surface area contributed by atoms with Crippen LogP contribution in [0.15, 0.2) is 65.8 Å². The molecule has 0 spiro atoms. The Hall–Kier alpha value is -5.13. The van der Waals surface area contributed by atoms with Crippen molar-refractivity contribution in [2.75, 3.05) is 13.9 Å². The number of nitrogens with one attached hydrogen (secondary N) is 2. The second-order valence-corrected chi connectivity index (χ2v) is 9.09. The van der Waals surface area contributed by atoms with Gasteiger partial charge in [0.25, 0.3) is 17.5 Å². The standard InChI is InChI=1S/C28H28N4O8/c1-17(2)26(30-27(33)19-9-10-22-24(11-19)40-16-39-22)28(34)31-29-14-20-12-23(37-3)25(13-21(20)32(35)36)38-15-18-7-5-4-6-8-18/h4-14,17,26H,15-16H2,1-3H3,(H,30,33)(H,31,34)/b29-14+. The summed E-state index contributed by atoms with van der Waals surface area (Å²) < 4.78 is 21.7. The van der Waals surface area contributed by atoms with Crippen molar-refractivity contribution in [2.45, 2.75) is 26.5 Å². The summed E-state index contributed by atoms with van der Waals surface area (Å²) in [4.78, 5) is 36.9. The van der Waals surface area contributed by atoms with E-state index >= 15 is 0 Å². The number of rotatable bonds is 11. The molecular weight excluding hydrogens is 520 g/mol. The van der Waals surface area contributed by atoms with E-state index in [-0.39, 0.29) is 42.1 Å². The Kier molecular flexibility index (Phi) is 8.79. The number of methoxy groups -OCH3 is 1. The first-order valence-electron chi connectivity index (χ1n) is 12.3. The van der Waals surface area contributed by atoms with E-state index in [0.717, 1.165) is 11.8 Å². The van der Waals surface area contributed by atoms with Gasteiger partial charge in [-0.05, 0) is 35.7 Å². The zero-order valence-corrected chi connectivity index (χ0v) is 22.1. The van der Waals surface area contributed by atoms with Crippen molar-refractivity contribution in [2.24, 2.45) is 11.0 Å². The number of benzene rings is 3. The molecule has 4 rings (SSSR count). The predicted molar refractivity (Wildman–Crippen MR) is 145 cm³/mol. The first kappa shape index (κ1) is 27.9. The molecule has 0 fully saturated rings. The minimum absolute atomic E-state index is 0.0723. The van der Waals surface area contributed by atoms with E-state index in [4.69, 9.17) is 18.9 Å². The first-order chi connectivity index (χ1) is 19.3. The monoisotopic (exact) mass is 548 g/mol. The van der Waals surface area contributed by atoms with E-state index in [2.05, 4.69) is 15.8 Å². The van der Waals surface area contributed by atoms with Crippen molar-refractivity contribution in [3.63, 3.8) is 0 Å². The topological polar surface area (TPSA) is 151 Å². The lowest BCUT2D eigenvalue weighted by atomic mass is 10.0. The number of fused-ring (bicyclic) bond motifs is 1. The Balaban J connectivity index is 1.45. The minimum atomic E-state index is -0.937. The van der Waals surface area contributed by atoms with Crippen molar-refractivity contribution in [3.8, 4) is 23.0 Å². The van der Waals surface area contributed by atoms with Crippen LogP contribution in [0.5, 0.6) is 23.0 Å². The maximum Gasteiger partial charge on any atom is 0.282 e. The molecule has 0 saturated heterocycles. The quantitative estimate of drug-likeness (QED) is 0.209. The second kappa shape index (κ2) is 12.6. The Morgan fingerprint density at radius 2 is 1.82 bits per heavy atom. The van der Waals surface area contributed by atoms with Crippen LogP contribution in [0.4, 0.5) is 5.69 Å². The number of amides is 2. The SMILES string of the molecule is COc1cc(/C=N/NC(=O)C(NC(=O)c2ccc3c(c2)OCO3)C(C)C)c([N+](=O)[O-])cc1OCc1ccccc1. The van der Waals surface area contributed by atoms with Crippen molar-refractivity contribution >= 4 is 23.7 Å². The summed E-state index contributed by atoms with van der Waals surface area (Å²) in [5.41, 5.74) is 3.32. The Bertz CT molecular complexity index is 1430. The number of nitro groups is 1. The van der Waals surface area contributed by atoms with Gasteiger partial charge in [0, 0.05) is 5.56 Å². The molecule has 2 amide bonds. The highest BCUT2D eigenvalue weighted by molar-refractivity contribution is 5.98. The minimum Gasteiger partial charge on any atom is -0.493 e. The molecule has 1 heterocycles. The second-order valence-electron chi connectivity index (χ2n) is 9.09. The van der Waals surface area contributed by atoms with Gasteiger partial charge in [-0.1, -0.05) is 44.2 Å². The van der Waals surface area contributed by atoms with Gasteiger partial charge in [-0.15, -0.1) is 0 Å². The molecule has 0 aromatic heterocycles. The van der Waals surface area contributed by atoms with Crippen molar-refractivity contribution < 1.29 is 33.5 Å². The summed E-state index contributed by atoms with van der Waals surface area (Å²) in [6.07, 6.45) is 1.14. The lowest BCUT2D eigenvalue weighted by Gasteiger charge is -2.20. The molecule has 12 nitrogen and oxygen atoms in total. The molecule has 2 N–H and O–H groups in total. The van der Waals surface area contributed by atoms with Gasteiger partial charge < -0.3 is 24.3 Å². The summed E-state index contributed by atoms with van der Waals surface area (Å²) in [7, 11) is 1.41. The average Bonchev–Trinajstić information content (AvgIpc) is 3.43. The van der Waals surface area contributed by atoms with Crippen molar-refractivity contribution in [1.82, 2.24) is 10.7 Å². The highest BCUT2D eigenvalue weighted by Gasteiger charge is 2.26. The number of nitrogens with zero attached hydrogens (tertiary/aromatic N) is 2. The van der Waals surface area contributed by atoms with Crippen LogP contribution in [0.2, 0.25) is 0 Å². The van der Waals surface area contributed by atoms with Crippen LogP contribution in [0.25, 0.3) is 0 Å². The van der Waals surface area contributed by atoms with E-state index in [9.17, 15) is 19.7 Å². The maximum atomic E-state index is 12.9. The van der Waals surface area contributed by atoms with Crippen LogP contribution in [0.1, 0.15) is 35.3 Å². The lowest BCUT2D eigenvalue weighted by Crippen LogP contribution is -2.48. The summed E-state index contributed by atoms with van der Waals surface area (Å²) in [6.45, 7) is 3.78. The van der Waals surface area contributed by atoms with E-state index in [1.54, 1.807) is 26.0 Å². The zero-order valence-electron chi connectivity index (χ0n) is 22.1. The van der Waals surface area contributed by atoms with E-state index < -0.39 is 22.8 Å². The normalized spacial score (nSPS) is 12.7. The first-order valence-corrected chi connectivity index (χ1v) is 12.3. The molecule has 3 aromatic rings. The molecule has 0 bridgehead atoms. The molecule has 0 saturated carbocycles. The molecule has 1 unspecified atom stereocenters. The van der Waals surface area contributed by atoms with E-state index in [1.165, 1.54) is 25.3 Å². The van der Waals surface area contributed by atoms with E-state index in [1.807, 2.05) is 30.3 Å². The summed E-state index contributed by atoms with van der Waals surface area (Å²) in [6, 6.07) is 15.7. The largest absolute Gasteiger partial charge is 0.493 e. The molecule has 1 aliphatic heterocycles. The molecule has 0 radical (unpaired) electrons. The van der Waals surface area contributed by atoms with Gasteiger partial charge in [0.2, 0.25) is 6.79 Å². The third kappa shape index (κ3) is 6.65. The van der Waals surface area contributed by atoms with Gasteiger partial charge >= 0.3 is 0 Å². The average molecular weight is 549 g/mol. The van der Waals surface area contributed by atoms with Crippen LogP contribution < -0.4 is 29.7 Å². The Labute approximate surface area is 230 Å². The summed E-state index contributed by atoms with van der Waals surface area (Å²) in [5.74, 6) is 0.0431. The van der Waals surface area contributed by atoms with Gasteiger partial charge in [-0.2, -0.15) is 5.10 Å². The maximum absolute atomic E-state index is 12.9. The molecule has 40 heavy (non-hydrogen) atoms. The molecule has 3 aromatic carbocycles. The lowest BCUT2D eigenvalue weighted by molar-refractivity contribution is -0.385. The molecular formula is C28H28N4O8. The van der Waals surface area contributed by atoms with Crippen LogP contribution >= 0.6 is 0 Å². The van der Waals surface area contributed by atoms with E-state index in [0.29, 0.717) is 17.1 Å². The van der Waals surface area contributed by atoms with Gasteiger partial charge in [0.15, 0.2) is 23.0 Å². The van der Waals surface area contributed by atoms with Crippen LogP contribution in [-0.4, -0.2) is 42.9 Å². The molecule has 1 atom stereocenters. The number of hydrogen-bond acceptors (Lipinski definition) is 9. The summed E-state index contributed by atoms with van der Waals surface area (Å²) in [5, 5.41) is 18.4. The Morgan fingerprint density at radius 1 is 1.07 bits per heavy atom. The Morgan fingerprint density at radius 3 is 2.52 bits per heavy atom. The number of hydrazone groups is 1. The number of hydrogen-bond donors (Lipinski definition) is 2. The third-order valence-corrected chi connectivity index (χ3v) is 6.00. The van der Waals surface area contributed by atoms with Gasteiger partial charge in [0.05, 0.1) is 29.9 Å². The molecule has 1 aliphatic rings. The number of carbonyl (C=O) groups excluding carboxylic acids is 2. The fourth-order valence-electron chi connectivity index (χ4n) is 3.87. The van der Waals surface area contributed by atoms with Gasteiger partial charge in [-0.25, -0.2) is 5.43 Å². The van der Waals surface area contributed by atoms with Gasteiger partial charge in [-0.3, -0.25) is 19.7 Å². The highest BCUT2D eigenvalue weighted by atomic mass is 16.7. The number of nitro benzene ring substituents is 1. The van der Waals surface area contributed by atoms with Crippen molar-refractivity contribution in [3.05, 3.63) is 87.5 Å². The predicted octanol–water partition coefficient (Wildman–Crippen LogP) is 3.82. The smallest absolute Gasteiger partial charge is 0.282 e. The zero-order chi connectivity index (χ0) is 28.6. The van der Waals surface area contributed by atoms with Crippen LogP contribution in [0.3, 0.4) is 0 Å². The molecule has 12 heteroatoms. The van der Waals surface area contributed by atoms with Crippen LogP contribution in [-0.2, 0) is 11.4 Å². The molecule has 0 aliphatic carbocycles. The fourth-order valence-corrected chi connectivity index (χ4v) is 3.87. The number of ether oxygens (including phenoxy) is 4. The highest BCUT2D eigenvalue weighted by Crippen LogP contribution is 2.35. The summed E-state index contributed by atoms with van der Waals surface area (Å²) >= 11 is 0. The van der Waals surface area contributed by atoms with Gasteiger partial charge in [0.1, 0.15) is 12.6 Å². The molecule has 208 valence electrons. The fraction of sp³-hybridized carbons (Fsp3) is 0.250. The third-order valence-electron chi connectivity index (χ3n) is 6.00. The van der Waals surface area contributed by atoms with Crippen molar-refractivity contribution in [1.29, 1.82) is 0 Å². The number of carbonyl (C=O) groups is 2. The van der Waals surface area contributed by atoms with Crippen LogP contribution in [0, 0.1) is 16.0 Å².